The topological polar surface area (TPSA) is 85.2 Å². The molecule has 2 atom stereocenters. The Hall–Kier alpha value is -2.85. The minimum Gasteiger partial charge on any atom is -0.478 e. The summed E-state index contributed by atoms with van der Waals surface area (Å²) in [5.41, 5.74) is 2.87. The minimum absolute atomic E-state index is 0.0650. The van der Waals surface area contributed by atoms with Crippen molar-refractivity contribution >= 4 is 5.97 Å². The predicted molar refractivity (Wildman–Crippen MR) is 135 cm³/mol. The molecule has 6 rings (SSSR count). The largest absolute Gasteiger partial charge is 0.478 e. The van der Waals surface area contributed by atoms with Crippen molar-refractivity contribution in [1.29, 1.82) is 0 Å². The number of aliphatic hydroxyl groups is 1. The first-order chi connectivity index (χ1) is 17.3. The fraction of sp³-hybridized carbons (Fsp3) is 0.500. The third kappa shape index (κ3) is 5.15. The molecule has 0 radical (unpaired) electrons. The lowest BCUT2D eigenvalue weighted by molar-refractivity contribution is -0.150. The van der Waals surface area contributed by atoms with Crippen LogP contribution < -0.4 is 4.74 Å². The maximum atomic E-state index is 11.0. The first-order valence-electron chi connectivity index (χ1n) is 12.8. The molecule has 2 N–H and O–H groups in total. The highest BCUT2D eigenvalue weighted by Gasteiger charge is 2.52. The van der Waals surface area contributed by atoms with E-state index in [-0.39, 0.29) is 24.1 Å². The Balaban J connectivity index is 1.40. The van der Waals surface area contributed by atoms with Gasteiger partial charge in [0.05, 0.1) is 5.56 Å². The summed E-state index contributed by atoms with van der Waals surface area (Å²) in [4.78, 5) is 11.0. The standard InChI is InChI=1S/C30H34O6/c1-19(34-2)35-18-36-28-14-25(27(31)10-5-20-3-6-24(7-4-20)29(32)33)8-9-26(28)30-15-21-11-22(16-30)13-23(12-21)17-30/h3-4,6-9,14,19,21-23,27,31H,11-13,15-18H2,1-2H3,(H,32,33). The zero-order valence-electron chi connectivity index (χ0n) is 20.9. The van der Waals surface area contributed by atoms with E-state index in [1.54, 1.807) is 19.2 Å². The molecule has 0 aliphatic heterocycles. The first-order valence-corrected chi connectivity index (χ1v) is 12.8. The van der Waals surface area contributed by atoms with E-state index in [9.17, 15) is 9.90 Å². The lowest BCUT2D eigenvalue weighted by Crippen LogP contribution is -2.48. The van der Waals surface area contributed by atoms with Crippen molar-refractivity contribution in [2.75, 3.05) is 13.9 Å². The van der Waals surface area contributed by atoms with Crippen molar-refractivity contribution in [3.8, 4) is 17.6 Å². The van der Waals surface area contributed by atoms with Crippen LogP contribution in [0.25, 0.3) is 0 Å². The van der Waals surface area contributed by atoms with E-state index in [0.29, 0.717) is 11.1 Å². The summed E-state index contributed by atoms with van der Waals surface area (Å²) < 4.78 is 17.0. The lowest BCUT2D eigenvalue weighted by atomic mass is 9.48. The molecule has 4 saturated carbocycles. The highest BCUT2D eigenvalue weighted by molar-refractivity contribution is 5.87. The van der Waals surface area contributed by atoms with E-state index in [0.717, 1.165) is 23.5 Å². The maximum Gasteiger partial charge on any atom is 0.335 e. The molecule has 6 heteroatoms. The molecule has 190 valence electrons. The van der Waals surface area contributed by atoms with Gasteiger partial charge in [-0.15, -0.1) is 0 Å². The Morgan fingerprint density at radius 3 is 2.28 bits per heavy atom. The van der Waals surface area contributed by atoms with Gasteiger partial charge in [-0.05, 0) is 105 Å². The molecule has 2 aromatic rings. The van der Waals surface area contributed by atoms with Gasteiger partial charge in [0.15, 0.2) is 13.1 Å². The van der Waals surface area contributed by atoms with Crippen molar-refractivity contribution in [3.63, 3.8) is 0 Å². The number of methoxy groups -OCH3 is 1. The van der Waals surface area contributed by atoms with Gasteiger partial charge in [-0.2, -0.15) is 0 Å². The van der Waals surface area contributed by atoms with E-state index >= 15 is 0 Å². The number of rotatable bonds is 8. The van der Waals surface area contributed by atoms with Gasteiger partial charge < -0.3 is 24.4 Å². The molecule has 0 spiro atoms. The van der Waals surface area contributed by atoms with Crippen LogP contribution in [0.15, 0.2) is 42.5 Å². The van der Waals surface area contributed by atoms with Gasteiger partial charge in [0.1, 0.15) is 11.9 Å². The number of aliphatic hydroxyl groups excluding tert-OH is 1. The molecular formula is C30H34O6. The van der Waals surface area contributed by atoms with Crippen LogP contribution in [-0.4, -0.2) is 36.4 Å². The summed E-state index contributed by atoms with van der Waals surface area (Å²) in [6.45, 7) is 1.89. The third-order valence-electron chi connectivity index (χ3n) is 8.27. The summed E-state index contributed by atoms with van der Waals surface area (Å²) in [5, 5.41) is 19.9. The highest BCUT2D eigenvalue weighted by atomic mass is 16.7. The summed E-state index contributed by atoms with van der Waals surface area (Å²) in [5.74, 6) is 8.01. The number of hydrogen-bond acceptors (Lipinski definition) is 5. The number of benzene rings is 2. The van der Waals surface area contributed by atoms with Gasteiger partial charge in [0.25, 0.3) is 0 Å². The number of carboxylic acids is 1. The van der Waals surface area contributed by atoms with Crippen LogP contribution in [0, 0.1) is 29.6 Å². The van der Waals surface area contributed by atoms with Crippen LogP contribution in [0.5, 0.6) is 5.75 Å². The molecule has 6 nitrogen and oxygen atoms in total. The quantitative estimate of drug-likeness (QED) is 0.387. The summed E-state index contributed by atoms with van der Waals surface area (Å²) >= 11 is 0. The summed E-state index contributed by atoms with van der Waals surface area (Å²) in [6, 6.07) is 12.3. The van der Waals surface area contributed by atoms with Crippen molar-refractivity contribution < 1.29 is 29.2 Å². The second-order valence-corrected chi connectivity index (χ2v) is 10.7. The molecule has 2 unspecified atom stereocenters. The molecule has 2 aromatic carbocycles. The van der Waals surface area contributed by atoms with Crippen LogP contribution in [-0.2, 0) is 14.9 Å². The zero-order valence-corrected chi connectivity index (χ0v) is 20.9. The number of ether oxygens (including phenoxy) is 3. The molecule has 4 bridgehead atoms. The molecule has 4 fully saturated rings. The predicted octanol–water partition coefficient (Wildman–Crippen LogP) is 5.28. The number of carboxylic acid groups (broad SMARTS) is 1. The molecule has 4 aliphatic rings. The molecule has 0 amide bonds. The Bertz CT molecular complexity index is 1120. The highest BCUT2D eigenvalue weighted by Crippen LogP contribution is 2.62. The SMILES string of the molecule is COC(C)OCOc1cc(C(O)C#Cc2ccc(C(=O)O)cc2)ccc1C12CC3CC(CC(C3)C1)C2. The molecule has 4 aliphatic carbocycles. The molecule has 0 saturated heterocycles. The van der Waals surface area contributed by atoms with Gasteiger partial charge in [-0.25, -0.2) is 4.79 Å². The van der Waals surface area contributed by atoms with Gasteiger partial charge in [-0.1, -0.05) is 24.0 Å². The van der Waals surface area contributed by atoms with Gasteiger partial charge in [-0.3, -0.25) is 0 Å². The van der Waals surface area contributed by atoms with E-state index in [2.05, 4.69) is 17.9 Å². The number of hydrogen-bond donors (Lipinski definition) is 2. The Labute approximate surface area is 212 Å². The zero-order chi connectivity index (χ0) is 25.3. The van der Waals surface area contributed by atoms with Crippen molar-refractivity contribution in [2.24, 2.45) is 17.8 Å². The first kappa shape index (κ1) is 24.8. The van der Waals surface area contributed by atoms with Crippen molar-refractivity contribution in [1.82, 2.24) is 0 Å². The number of carbonyl (C=O) groups is 1. The summed E-state index contributed by atoms with van der Waals surface area (Å²) in [7, 11) is 1.59. The van der Waals surface area contributed by atoms with Crippen LogP contribution >= 0.6 is 0 Å². The Morgan fingerprint density at radius 1 is 1.06 bits per heavy atom. The summed E-state index contributed by atoms with van der Waals surface area (Å²) in [6.07, 6.45) is 6.34. The fourth-order valence-electron chi connectivity index (χ4n) is 6.90. The Kier molecular flexibility index (Phi) is 7.07. The van der Waals surface area contributed by atoms with Crippen LogP contribution in [0.4, 0.5) is 0 Å². The van der Waals surface area contributed by atoms with Gasteiger partial charge in [0.2, 0.25) is 0 Å². The fourth-order valence-corrected chi connectivity index (χ4v) is 6.90. The average Bonchev–Trinajstić information content (AvgIpc) is 2.86. The van der Waals surface area contributed by atoms with E-state index < -0.39 is 12.1 Å². The van der Waals surface area contributed by atoms with Crippen LogP contribution in [0.2, 0.25) is 0 Å². The van der Waals surface area contributed by atoms with Gasteiger partial charge in [0, 0.05) is 18.2 Å². The van der Waals surface area contributed by atoms with Crippen LogP contribution in [0.3, 0.4) is 0 Å². The van der Waals surface area contributed by atoms with E-state index in [4.69, 9.17) is 19.3 Å². The smallest absolute Gasteiger partial charge is 0.335 e. The van der Waals surface area contributed by atoms with E-state index in [1.807, 2.05) is 19.1 Å². The van der Waals surface area contributed by atoms with E-state index in [1.165, 1.54) is 56.2 Å². The minimum atomic E-state index is -1.00. The second-order valence-electron chi connectivity index (χ2n) is 10.7. The van der Waals surface area contributed by atoms with Gasteiger partial charge >= 0.3 is 5.97 Å². The molecule has 0 heterocycles. The lowest BCUT2D eigenvalue weighted by Gasteiger charge is -2.57. The molecule has 0 aromatic heterocycles. The monoisotopic (exact) mass is 490 g/mol. The van der Waals surface area contributed by atoms with Crippen LogP contribution in [0.1, 0.15) is 78.6 Å². The normalized spacial score (nSPS) is 27.7. The molecular weight excluding hydrogens is 456 g/mol. The number of aromatic carboxylic acids is 1. The molecule has 36 heavy (non-hydrogen) atoms. The second kappa shape index (κ2) is 10.3. The van der Waals surface area contributed by atoms with Crippen molar-refractivity contribution in [3.05, 3.63) is 64.7 Å². The third-order valence-corrected chi connectivity index (χ3v) is 8.27. The Morgan fingerprint density at radius 2 is 1.69 bits per heavy atom. The van der Waals surface area contributed by atoms with Crippen molar-refractivity contribution in [2.45, 2.75) is 63.3 Å². The average molecular weight is 491 g/mol. The maximum absolute atomic E-state index is 11.0.